The van der Waals surface area contributed by atoms with Gasteiger partial charge in [-0.15, -0.1) is 0 Å². The summed E-state index contributed by atoms with van der Waals surface area (Å²) in [6.45, 7) is 5.31. The summed E-state index contributed by atoms with van der Waals surface area (Å²) in [5, 5.41) is 7.72. The number of hydrogen-bond acceptors (Lipinski definition) is 3. The van der Waals surface area contributed by atoms with Gasteiger partial charge in [-0.1, -0.05) is 29.8 Å². The van der Waals surface area contributed by atoms with E-state index >= 15 is 0 Å². The molecule has 19 heavy (non-hydrogen) atoms. The molecule has 1 aromatic heterocycles. The normalized spacial score (nSPS) is 10.8. The van der Waals surface area contributed by atoms with Crippen molar-refractivity contribution >= 4 is 0 Å². The quantitative estimate of drug-likeness (QED) is 0.773. The molecule has 0 aliphatic rings. The van der Waals surface area contributed by atoms with Crippen LogP contribution in [0.15, 0.2) is 36.5 Å². The molecule has 1 aromatic carbocycles. The molecule has 2 aromatic rings. The first kappa shape index (κ1) is 13.8. The molecule has 0 spiro atoms. The lowest BCUT2D eigenvalue weighted by Gasteiger charge is -2.09. The van der Waals surface area contributed by atoms with Crippen molar-refractivity contribution in [3.05, 3.63) is 53.3 Å². The average molecular weight is 259 g/mol. The number of nitrogens with zero attached hydrogens (tertiary/aromatic N) is 2. The molecule has 0 radical (unpaired) electrons. The molecule has 4 heteroatoms. The molecule has 0 fully saturated rings. The molecule has 102 valence electrons. The third-order valence-electron chi connectivity index (χ3n) is 3.05. The van der Waals surface area contributed by atoms with Crippen molar-refractivity contribution in [1.82, 2.24) is 15.1 Å². The second kappa shape index (κ2) is 7.07. The van der Waals surface area contributed by atoms with Gasteiger partial charge in [-0.05, 0) is 18.6 Å². The number of rotatable bonds is 7. The first-order chi connectivity index (χ1) is 9.29. The van der Waals surface area contributed by atoms with Gasteiger partial charge in [0.05, 0.1) is 18.8 Å². The average Bonchev–Trinajstić information content (AvgIpc) is 2.85. The maximum atomic E-state index is 5.01. The summed E-state index contributed by atoms with van der Waals surface area (Å²) in [5.41, 5.74) is 3.75. The van der Waals surface area contributed by atoms with Crippen molar-refractivity contribution in [3.63, 3.8) is 0 Å². The van der Waals surface area contributed by atoms with E-state index in [9.17, 15) is 0 Å². The Hall–Kier alpha value is -1.65. The Morgan fingerprint density at radius 1 is 1.21 bits per heavy atom. The predicted molar refractivity (Wildman–Crippen MR) is 76.1 cm³/mol. The largest absolute Gasteiger partial charge is 0.383 e. The summed E-state index contributed by atoms with van der Waals surface area (Å²) in [4.78, 5) is 0. The van der Waals surface area contributed by atoms with Crippen LogP contribution in [-0.2, 0) is 17.8 Å². The third-order valence-corrected chi connectivity index (χ3v) is 3.05. The van der Waals surface area contributed by atoms with Gasteiger partial charge >= 0.3 is 0 Å². The van der Waals surface area contributed by atoms with Crippen molar-refractivity contribution in [2.24, 2.45) is 0 Å². The third kappa shape index (κ3) is 4.19. The Morgan fingerprint density at radius 2 is 2.00 bits per heavy atom. The zero-order chi connectivity index (χ0) is 13.5. The minimum Gasteiger partial charge on any atom is -0.383 e. The van der Waals surface area contributed by atoms with E-state index in [1.54, 1.807) is 7.11 Å². The number of aryl methyl sites for hydroxylation is 1. The molecular weight excluding hydrogens is 238 g/mol. The van der Waals surface area contributed by atoms with Crippen LogP contribution in [0.25, 0.3) is 0 Å². The molecule has 0 amide bonds. The number of hydrogen-bond donors (Lipinski definition) is 1. The van der Waals surface area contributed by atoms with Gasteiger partial charge < -0.3 is 10.1 Å². The van der Waals surface area contributed by atoms with Crippen LogP contribution in [0.1, 0.15) is 16.8 Å². The molecule has 0 saturated heterocycles. The maximum absolute atomic E-state index is 5.01. The first-order valence-corrected chi connectivity index (χ1v) is 6.55. The van der Waals surface area contributed by atoms with Crippen LogP contribution in [0.2, 0.25) is 0 Å². The maximum Gasteiger partial charge on any atom is 0.0663 e. The lowest BCUT2D eigenvalue weighted by Crippen LogP contribution is -2.21. The predicted octanol–water partition coefficient (Wildman–Crippen LogP) is 1.98. The van der Waals surface area contributed by atoms with Crippen molar-refractivity contribution in [2.75, 3.05) is 20.3 Å². The van der Waals surface area contributed by atoms with Crippen LogP contribution in [0, 0.1) is 6.92 Å². The van der Waals surface area contributed by atoms with Crippen LogP contribution in [0.3, 0.4) is 0 Å². The smallest absolute Gasteiger partial charge is 0.0663 e. The van der Waals surface area contributed by atoms with Crippen LogP contribution >= 0.6 is 0 Å². The lowest BCUT2D eigenvalue weighted by molar-refractivity contribution is 0.199. The van der Waals surface area contributed by atoms with Crippen molar-refractivity contribution in [2.45, 2.75) is 20.0 Å². The lowest BCUT2D eigenvalue weighted by atomic mass is 10.1. The molecule has 1 heterocycles. The summed E-state index contributed by atoms with van der Waals surface area (Å²) in [6.07, 6.45) is 1.85. The van der Waals surface area contributed by atoms with Gasteiger partial charge in [-0.2, -0.15) is 5.10 Å². The van der Waals surface area contributed by atoms with Crippen LogP contribution < -0.4 is 5.32 Å². The Balaban J connectivity index is 1.93. The van der Waals surface area contributed by atoms with Gasteiger partial charge in [0.2, 0.25) is 0 Å². The summed E-state index contributed by atoms with van der Waals surface area (Å²) >= 11 is 0. The second-order valence-electron chi connectivity index (χ2n) is 4.64. The monoisotopic (exact) mass is 259 g/mol. The highest BCUT2D eigenvalue weighted by molar-refractivity contribution is 5.21. The van der Waals surface area contributed by atoms with Crippen LogP contribution in [0.4, 0.5) is 0 Å². The molecule has 0 saturated carbocycles. The van der Waals surface area contributed by atoms with E-state index in [-0.39, 0.29) is 0 Å². The second-order valence-corrected chi connectivity index (χ2v) is 4.64. The topological polar surface area (TPSA) is 39.1 Å². The van der Waals surface area contributed by atoms with Crippen LogP contribution in [0.5, 0.6) is 0 Å². The van der Waals surface area contributed by atoms with Crippen molar-refractivity contribution < 1.29 is 4.74 Å². The van der Waals surface area contributed by atoms with Gasteiger partial charge in [0, 0.05) is 26.4 Å². The van der Waals surface area contributed by atoms with Gasteiger partial charge in [0.25, 0.3) is 0 Å². The number of nitrogens with one attached hydrogen (secondary N) is 1. The van der Waals surface area contributed by atoms with Crippen molar-refractivity contribution in [1.29, 1.82) is 0 Å². The highest BCUT2D eigenvalue weighted by atomic mass is 16.5. The number of methoxy groups -OCH3 is 1. The molecule has 0 aliphatic heterocycles. The molecule has 0 atom stereocenters. The summed E-state index contributed by atoms with van der Waals surface area (Å²) < 4.78 is 7.05. The highest BCUT2D eigenvalue weighted by Gasteiger charge is 2.03. The minimum atomic E-state index is 0.728. The molecule has 0 aliphatic carbocycles. The number of aromatic nitrogens is 2. The number of benzene rings is 1. The van der Waals surface area contributed by atoms with E-state index in [1.165, 1.54) is 16.8 Å². The molecule has 1 N–H and O–H groups in total. The molecule has 4 nitrogen and oxygen atoms in total. The van der Waals surface area contributed by atoms with E-state index < -0.39 is 0 Å². The van der Waals surface area contributed by atoms with Gasteiger partial charge in [-0.3, -0.25) is 4.68 Å². The summed E-state index contributed by atoms with van der Waals surface area (Å²) in [5.74, 6) is 0. The highest BCUT2D eigenvalue weighted by Crippen LogP contribution is 2.07. The fourth-order valence-corrected chi connectivity index (χ4v) is 1.91. The van der Waals surface area contributed by atoms with Gasteiger partial charge in [0.1, 0.15) is 0 Å². The zero-order valence-corrected chi connectivity index (χ0v) is 11.6. The molecule has 0 bridgehead atoms. The van der Waals surface area contributed by atoms with E-state index in [1.807, 2.05) is 16.9 Å². The fourth-order valence-electron chi connectivity index (χ4n) is 1.91. The first-order valence-electron chi connectivity index (χ1n) is 6.55. The minimum absolute atomic E-state index is 0.728. The summed E-state index contributed by atoms with van der Waals surface area (Å²) in [7, 11) is 1.71. The Bertz CT molecular complexity index is 490. The Kier molecular flexibility index (Phi) is 5.12. The molecule has 2 rings (SSSR count). The zero-order valence-electron chi connectivity index (χ0n) is 11.6. The Labute approximate surface area is 114 Å². The van der Waals surface area contributed by atoms with Crippen LogP contribution in [-0.4, -0.2) is 30.0 Å². The van der Waals surface area contributed by atoms with Gasteiger partial charge in [0.15, 0.2) is 0 Å². The van der Waals surface area contributed by atoms with Gasteiger partial charge in [-0.25, -0.2) is 0 Å². The SMILES string of the molecule is COCCNCc1ccnn1Cc1ccc(C)cc1. The number of ether oxygens (including phenoxy) is 1. The standard InChI is InChI=1S/C15H21N3O/c1-13-3-5-14(6-4-13)12-18-15(7-8-17-18)11-16-9-10-19-2/h3-8,16H,9-12H2,1-2H3. The molecular formula is C15H21N3O. The molecule has 0 unspecified atom stereocenters. The van der Waals surface area contributed by atoms with Crippen molar-refractivity contribution in [3.8, 4) is 0 Å². The van der Waals surface area contributed by atoms with E-state index in [4.69, 9.17) is 4.74 Å². The fraction of sp³-hybridized carbons (Fsp3) is 0.400. The van der Waals surface area contributed by atoms with E-state index in [0.29, 0.717) is 0 Å². The Morgan fingerprint density at radius 3 is 2.74 bits per heavy atom. The van der Waals surface area contributed by atoms with E-state index in [0.717, 1.165) is 26.2 Å². The van der Waals surface area contributed by atoms with E-state index in [2.05, 4.69) is 41.6 Å². The summed E-state index contributed by atoms with van der Waals surface area (Å²) in [6, 6.07) is 10.6.